The lowest BCUT2D eigenvalue weighted by Gasteiger charge is -2.32. The Balaban J connectivity index is 2.37. The zero-order valence-corrected chi connectivity index (χ0v) is 13.3. The monoisotopic (exact) mass is 302 g/mol. The van der Waals surface area contributed by atoms with Crippen molar-refractivity contribution in [1.82, 2.24) is 0 Å². The van der Waals surface area contributed by atoms with Crippen LogP contribution in [0.25, 0.3) is 0 Å². The molecule has 1 aromatic rings. The van der Waals surface area contributed by atoms with Gasteiger partial charge in [0.05, 0.1) is 16.2 Å². The van der Waals surface area contributed by atoms with E-state index in [9.17, 15) is 4.39 Å². The van der Waals surface area contributed by atoms with Crippen LogP contribution in [0.2, 0.25) is 5.02 Å². The number of thioether (sulfide) groups is 1. The Labute approximate surface area is 123 Å². The summed E-state index contributed by atoms with van der Waals surface area (Å²) in [4.78, 5) is 0.497. The van der Waals surface area contributed by atoms with Crippen molar-refractivity contribution in [3.05, 3.63) is 23.0 Å². The molecule has 0 saturated carbocycles. The van der Waals surface area contributed by atoms with E-state index in [4.69, 9.17) is 20.9 Å². The SMILES string of the molecule is CSc1cc(B2OC(C)(C)C(C)(C)O2)cc(Cl)c1F. The van der Waals surface area contributed by atoms with Crippen molar-refractivity contribution in [3.63, 3.8) is 0 Å². The van der Waals surface area contributed by atoms with Crippen LogP contribution in [0.5, 0.6) is 0 Å². The minimum absolute atomic E-state index is 0.0940. The number of benzene rings is 1. The number of rotatable bonds is 2. The highest BCUT2D eigenvalue weighted by Gasteiger charge is 2.51. The highest BCUT2D eigenvalue weighted by molar-refractivity contribution is 7.98. The lowest BCUT2D eigenvalue weighted by Crippen LogP contribution is -2.41. The van der Waals surface area contributed by atoms with E-state index < -0.39 is 24.1 Å². The molecule has 6 heteroatoms. The van der Waals surface area contributed by atoms with Crippen LogP contribution in [0.3, 0.4) is 0 Å². The average molecular weight is 303 g/mol. The van der Waals surface area contributed by atoms with E-state index in [1.165, 1.54) is 11.8 Å². The van der Waals surface area contributed by atoms with E-state index in [2.05, 4.69) is 0 Å². The number of hydrogen-bond donors (Lipinski definition) is 0. The molecule has 1 aliphatic rings. The Morgan fingerprint density at radius 1 is 1.16 bits per heavy atom. The third-order valence-electron chi connectivity index (χ3n) is 3.76. The van der Waals surface area contributed by atoms with Gasteiger partial charge in [-0.1, -0.05) is 11.6 Å². The molecular formula is C13H17BClFO2S. The molecule has 0 N–H and O–H groups in total. The molecule has 0 unspecified atom stereocenters. The van der Waals surface area contributed by atoms with Crippen LogP contribution in [0.1, 0.15) is 27.7 Å². The molecule has 0 aliphatic carbocycles. The molecule has 1 aromatic carbocycles. The molecule has 0 aromatic heterocycles. The Morgan fingerprint density at radius 2 is 1.68 bits per heavy atom. The van der Waals surface area contributed by atoms with E-state index in [0.29, 0.717) is 4.90 Å². The molecule has 1 heterocycles. The maximum Gasteiger partial charge on any atom is 0.494 e. The standard InChI is InChI=1S/C13H17BClFO2S/c1-12(2)13(3,4)18-14(17-12)8-6-9(15)11(16)10(7-8)19-5/h6-7H,1-5H3. The molecule has 104 valence electrons. The van der Waals surface area contributed by atoms with Crippen LogP contribution in [0.15, 0.2) is 17.0 Å². The van der Waals surface area contributed by atoms with Crippen LogP contribution >= 0.6 is 23.4 Å². The van der Waals surface area contributed by atoms with E-state index in [0.717, 1.165) is 5.46 Å². The summed E-state index contributed by atoms with van der Waals surface area (Å²) in [5.41, 5.74) is -0.0924. The van der Waals surface area contributed by atoms with E-state index in [1.807, 2.05) is 34.0 Å². The molecule has 0 radical (unpaired) electrons. The van der Waals surface area contributed by atoms with Crippen molar-refractivity contribution in [3.8, 4) is 0 Å². The normalized spacial score (nSPS) is 20.9. The van der Waals surface area contributed by atoms with E-state index in [1.54, 1.807) is 12.1 Å². The predicted octanol–water partition coefficient (Wildman–Crippen LogP) is 3.50. The summed E-state index contributed by atoms with van der Waals surface area (Å²) in [5, 5.41) is 0.0940. The Hall–Kier alpha value is -0.225. The van der Waals surface area contributed by atoms with Gasteiger partial charge in [0.15, 0.2) is 5.82 Å². The van der Waals surface area contributed by atoms with Gasteiger partial charge in [-0.3, -0.25) is 0 Å². The van der Waals surface area contributed by atoms with E-state index >= 15 is 0 Å². The highest BCUT2D eigenvalue weighted by atomic mass is 35.5. The van der Waals surface area contributed by atoms with Gasteiger partial charge < -0.3 is 9.31 Å². The summed E-state index contributed by atoms with van der Waals surface area (Å²) in [6.07, 6.45) is 1.81. The average Bonchev–Trinajstić information content (AvgIpc) is 2.52. The first-order valence-electron chi connectivity index (χ1n) is 6.06. The fourth-order valence-electron chi connectivity index (χ4n) is 1.85. The lowest BCUT2D eigenvalue weighted by atomic mass is 9.79. The Bertz CT molecular complexity index is 492. The molecule has 0 bridgehead atoms. The summed E-state index contributed by atoms with van der Waals surface area (Å²) < 4.78 is 25.6. The Kier molecular flexibility index (Phi) is 3.96. The number of hydrogen-bond acceptors (Lipinski definition) is 3. The van der Waals surface area contributed by atoms with Crippen molar-refractivity contribution in [2.45, 2.75) is 43.8 Å². The maximum atomic E-state index is 13.7. The predicted molar refractivity (Wildman–Crippen MR) is 78.9 cm³/mol. The van der Waals surface area contributed by atoms with Crippen LogP contribution in [0, 0.1) is 5.82 Å². The first kappa shape index (κ1) is 15.2. The quantitative estimate of drug-likeness (QED) is 0.615. The lowest BCUT2D eigenvalue weighted by molar-refractivity contribution is 0.00578. The summed E-state index contributed by atoms with van der Waals surface area (Å²) in [5.74, 6) is -0.394. The summed E-state index contributed by atoms with van der Waals surface area (Å²) in [7, 11) is -0.519. The smallest absolute Gasteiger partial charge is 0.399 e. The second-order valence-electron chi connectivity index (χ2n) is 5.61. The van der Waals surface area contributed by atoms with Gasteiger partial charge in [-0.15, -0.1) is 11.8 Å². The molecule has 2 rings (SSSR count). The molecule has 1 aliphatic heterocycles. The third-order valence-corrected chi connectivity index (χ3v) is 4.77. The summed E-state index contributed by atoms with van der Waals surface area (Å²) >= 11 is 7.23. The topological polar surface area (TPSA) is 18.5 Å². The minimum atomic E-state index is -0.519. The van der Waals surface area contributed by atoms with Crippen molar-refractivity contribution >= 4 is 35.9 Å². The zero-order valence-electron chi connectivity index (χ0n) is 11.7. The van der Waals surface area contributed by atoms with Gasteiger partial charge >= 0.3 is 7.12 Å². The third kappa shape index (κ3) is 2.66. The van der Waals surface area contributed by atoms with Gasteiger partial charge in [0, 0.05) is 4.90 Å². The van der Waals surface area contributed by atoms with Gasteiger partial charge in [-0.05, 0) is 51.5 Å². The maximum absolute atomic E-state index is 13.7. The minimum Gasteiger partial charge on any atom is -0.399 e. The summed E-state index contributed by atoms with van der Waals surface area (Å²) in [6.45, 7) is 7.92. The van der Waals surface area contributed by atoms with Gasteiger partial charge in [0.2, 0.25) is 0 Å². The molecule has 0 amide bonds. The fourth-order valence-corrected chi connectivity index (χ4v) is 2.67. The van der Waals surface area contributed by atoms with Crippen LogP contribution < -0.4 is 5.46 Å². The van der Waals surface area contributed by atoms with Crippen molar-refractivity contribution < 1.29 is 13.7 Å². The molecule has 19 heavy (non-hydrogen) atoms. The van der Waals surface area contributed by atoms with Gasteiger partial charge in [-0.25, -0.2) is 4.39 Å². The molecule has 2 nitrogen and oxygen atoms in total. The molecule has 0 atom stereocenters. The van der Waals surface area contributed by atoms with Crippen LogP contribution in [-0.4, -0.2) is 24.6 Å². The second-order valence-corrected chi connectivity index (χ2v) is 6.86. The van der Waals surface area contributed by atoms with Gasteiger partial charge in [0.1, 0.15) is 0 Å². The van der Waals surface area contributed by atoms with E-state index in [-0.39, 0.29) is 5.02 Å². The number of halogens is 2. The molecule has 0 spiro atoms. The van der Waals surface area contributed by atoms with Crippen LogP contribution in [-0.2, 0) is 9.31 Å². The van der Waals surface area contributed by atoms with Crippen molar-refractivity contribution in [1.29, 1.82) is 0 Å². The first-order valence-corrected chi connectivity index (χ1v) is 7.67. The van der Waals surface area contributed by atoms with Crippen molar-refractivity contribution in [2.75, 3.05) is 6.26 Å². The molecular weight excluding hydrogens is 285 g/mol. The molecule has 1 fully saturated rings. The van der Waals surface area contributed by atoms with Gasteiger partial charge in [0.25, 0.3) is 0 Å². The second kappa shape index (κ2) is 4.95. The molecule has 1 saturated heterocycles. The van der Waals surface area contributed by atoms with Crippen molar-refractivity contribution in [2.24, 2.45) is 0 Å². The largest absolute Gasteiger partial charge is 0.494 e. The van der Waals surface area contributed by atoms with Gasteiger partial charge in [-0.2, -0.15) is 0 Å². The zero-order chi connectivity index (χ0) is 14.4. The Morgan fingerprint density at radius 3 is 2.16 bits per heavy atom. The summed E-state index contributed by atoms with van der Waals surface area (Å²) in [6, 6.07) is 3.30. The van der Waals surface area contributed by atoms with Crippen LogP contribution in [0.4, 0.5) is 4.39 Å². The first-order chi connectivity index (χ1) is 8.68. The fraction of sp³-hybridized carbons (Fsp3) is 0.538. The highest BCUT2D eigenvalue weighted by Crippen LogP contribution is 2.37.